The lowest BCUT2D eigenvalue weighted by Crippen LogP contribution is -2.10. The molecule has 7 heteroatoms. The quantitative estimate of drug-likeness (QED) is 0.688. The number of carbonyl (C=O) groups is 1. The van der Waals surface area contributed by atoms with Crippen LogP contribution in [0.15, 0.2) is 42.6 Å². The molecule has 0 aliphatic heterocycles. The molecule has 2 aromatic heterocycles. The van der Waals surface area contributed by atoms with Crippen LogP contribution < -0.4 is 0 Å². The number of aromatic nitrogens is 2. The van der Waals surface area contributed by atoms with E-state index in [-0.39, 0.29) is 22.0 Å². The van der Waals surface area contributed by atoms with Crippen LogP contribution in [0, 0.1) is 0 Å². The minimum Gasteiger partial charge on any atom is -0.464 e. The summed E-state index contributed by atoms with van der Waals surface area (Å²) in [6, 6.07) is 8.69. The fourth-order valence-corrected chi connectivity index (χ4v) is 2.55. The fraction of sp³-hybridized carbons (Fsp3) is 0.0667. The predicted octanol–water partition coefficient (Wildman–Crippen LogP) is 4.82. The van der Waals surface area contributed by atoms with Gasteiger partial charge >= 0.3 is 6.09 Å². The standard InChI is InChI=1S/C15H9ClF2N2O2/c16-13-6-11-8(7-19-13)5-12(20(11)15(21)22)9-3-1-2-4-10(9)14(17)18/h1-7,14H,(H,21,22). The average molecular weight is 323 g/mol. The van der Waals surface area contributed by atoms with E-state index in [0.717, 1.165) is 4.57 Å². The number of nitrogens with zero attached hydrogens (tertiary/aromatic N) is 2. The molecule has 0 unspecified atom stereocenters. The molecule has 1 N–H and O–H groups in total. The Morgan fingerprint density at radius 3 is 2.68 bits per heavy atom. The number of benzene rings is 1. The van der Waals surface area contributed by atoms with E-state index >= 15 is 0 Å². The molecule has 2 heterocycles. The minimum absolute atomic E-state index is 0.127. The van der Waals surface area contributed by atoms with Crippen LogP contribution in [0.5, 0.6) is 0 Å². The van der Waals surface area contributed by atoms with Crippen molar-refractivity contribution in [3.8, 4) is 11.3 Å². The Balaban J connectivity index is 2.37. The Labute approximate surface area is 128 Å². The predicted molar refractivity (Wildman–Crippen MR) is 78.6 cm³/mol. The van der Waals surface area contributed by atoms with Gasteiger partial charge in [-0.1, -0.05) is 35.9 Å². The Morgan fingerprint density at radius 1 is 1.27 bits per heavy atom. The summed E-state index contributed by atoms with van der Waals surface area (Å²) in [6.45, 7) is 0. The van der Waals surface area contributed by atoms with Crippen LogP contribution in [0.3, 0.4) is 0 Å². The van der Waals surface area contributed by atoms with Gasteiger partial charge in [0.05, 0.1) is 11.2 Å². The maximum atomic E-state index is 13.2. The van der Waals surface area contributed by atoms with Crippen molar-refractivity contribution < 1.29 is 18.7 Å². The average Bonchev–Trinajstić information content (AvgIpc) is 2.85. The van der Waals surface area contributed by atoms with E-state index in [1.807, 2.05) is 0 Å². The van der Waals surface area contributed by atoms with Crippen molar-refractivity contribution >= 4 is 28.6 Å². The number of halogens is 3. The van der Waals surface area contributed by atoms with Crippen LogP contribution in [0.1, 0.15) is 12.0 Å². The second-order valence-electron chi connectivity index (χ2n) is 4.60. The summed E-state index contributed by atoms with van der Waals surface area (Å²) in [7, 11) is 0. The molecule has 4 nitrogen and oxygen atoms in total. The van der Waals surface area contributed by atoms with Crippen LogP contribution >= 0.6 is 11.6 Å². The molecule has 112 valence electrons. The first-order valence-electron chi connectivity index (χ1n) is 6.27. The highest BCUT2D eigenvalue weighted by Crippen LogP contribution is 2.34. The molecule has 0 aliphatic carbocycles. The third-order valence-corrected chi connectivity index (χ3v) is 3.52. The molecule has 0 atom stereocenters. The van der Waals surface area contributed by atoms with Crippen LogP contribution in [0.2, 0.25) is 5.15 Å². The highest BCUT2D eigenvalue weighted by Gasteiger charge is 2.21. The molecule has 0 radical (unpaired) electrons. The van der Waals surface area contributed by atoms with Gasteiger partial charge in [0, 0.05) is 28.8 Å². The minimum atomic E-state index is -2.71. The lowest BCUT2D eigenvalue weighted by atomic mass is 10.0. The zero-order chi connectivity index (χ0) is 15.9. The molecule has 0 amide bonds. The normalized spacial score (nSPS) is 11.3. The third kappa shape index (κ3) is 2.31. The van der Waals surface area contributed by atoms with E-state index in [9.17, 15) is 18.7 Å². The van der Waals surface area contributed by atoms with Gasteiger partial charge in [0.25, 0.3) is 6.43 Å². The number of carboxylic acid groups (broad SMARTS) is 1. The van der Waals surface area contributed by atoms with Crippen molar-refractivity contribution in [3.63, 3.8) is 0 Å². The Hall–Kier alpha value is -2.47. The molecule has 1 aromatic carbocycles. The summed E-state index contributed by atoms with van der Waals surface area (Å²) in [5, 5.41) is 10.1. The molecule has 0 aliphatic rings. The summed E-state index contributed by atoms with van der Waals surface area (Å²) in [5.74, 6) is 0. The third-order valence-electron chi connectivity index (χ3n) is 3.32. The highest BCUT2D eigenvalue weighted by atomic mass is 35.5. The maximum absolute atomic E-state index is 13.2. The zero-order valence-corrected chi connectivity index (χ0v) is 11.8. The van der Waals surface area contributed by atoms with Crippen LogP contribution in [0.4, 0.5) is 13.6 Å². The van der Waals surface area contributed by atoms with Crippen molar-refractivity contribution in [1.82, 2.24) is 9.55 Å². The van der Waals surface area contributed by atoms with Crippen molar-refractivity contribution in [2.75, 3.05) is 0 Å². The highest BCUT2D eigenvalue weighted by molar-refractivity contribution is 6.30. The van der Waals surface area contributed by atoms with Gasteiger partial charge in [-0.25, -0.2) is 23.1 Å². The zero-order valence-electron chi connectivity index (χ0n) is 11.0. The largest absolute Gasteiger partial charge is 0.464 e. The van der Waals surface area contributed by atoms with Gasteiger partial charge in [-0.15, -0.1) is 0 Å². The second-order valence-corrected chi connectivity index (χ2v) is 4.99. The first-order valence-corrected chi connectivity index (χ1v) is 6.64. The maximum Gasteiger partial charge on any atom is 0.416 e. The molecule has 0 fully saturated rings. The Bertz CT molecular complexity index is 877. The molecule has 3 aromatic rings. The van der Waals surface area contributed by atoms with Gasteiger partial charge in [-0.05, 0) is 6.07 Å². The number of hydrogen-bond donors (Lipinski definition) is 1. The monoisotopic (exact) mass is 322 g/mol. The summed E-state index contributed by atoms with van der Waals surface area (Å²) in [5.41, 5.74) is 0.383. The molecule has 0 saturated heterocycles. The van der Waals surface area contributed by atoms with E-state index in [1.54, 1.807) is 6.07 Å². The fourth-order valence-electron chi connectivity index (χ4n) is 2.40. The van der Waals surface area contributed by atoms with Crippen molar-refractivity contribution in [1.29, 1.82) is 0 Å². The van der Waals surface area contributed by atoms with Crippen LogP contribution in [-0.4, -0.2) is 20.8 Å². The van der Waals surface area contributed by atoms with E-state index in [1.165, 1.54) is 36.5 Å². The molecule has 0 saturated carbocycles. The first kappa shape index (κ1) is 14.5. The van der Waals surface area contributed by atoms with Gasteiger partial charge in [0.1, 0.15) is 5.15 Å². The number of hydrogen-bond acceptors (Lipinski definition) is 2. The van der Waals surface area contributed by atoms with Crippen molar-refractivity contribution in [2.45, 2.75) is 6.43 Å². The topological polar surface area (TPSA) is 55.1 Å². The molecular formula is C15H9ClF2N2O2. The molecule has 22 heavy (non-hydrogen) atoms. The first-order chi connectivity index (χ1) is 10.5. The van der Waals surface area contributed by atoms with Gasteiger partial charge in [-0.2, -0.15) is 0 Å². The molecular weight excluding hydrogens is 314 g/mol. The summed E-state index contributed by atoms with van der Waals surface area (Å²) in [4.78, 5) is 15.5. The SMILES string of the molecule is O=C(O)n1c(-c2ccccc2C(F)F)cc2cnc(Cl)cc21. The van der Waals surface area contributed by atoms with E-state index in [2.05, 4.69) is 4.98 Å². The summed E-state index contributed by atoms with van der Waals surface area (Å²) in [6.07, 6.45) is -2.58. The smallest absolute Gasteiger partial charge is 0.416 e. The molecule has 0 bridgehead atoms. The van der Waals surface area contributed by atoms with E-state index < -0.39 is 12.5 Å². The van der Waals surface area contributed by atoms with E-state index in [0.29, 0.717) is 10.9 Å². The summed E-state index contributed by atoms with van der Waals surface area (Å²) >= 11 is 5.79. The lowest BCUT2D eigenvalue weighted by molar-refractivity contribution is 0.152. The number of rotatable bonds is 2. The van der Waals surface area contributed by atoms with E-state index in [4.69, 9.17) is 11.6 Å². The van der Waals surface area contributed by atoms with Gasteiger partial charge in [0.15, 0.2) is 0 Å². The van der Waals surface area contributed by atoms with Crippen LogP contribution in [0.25, 0.3) is 22.2 Å². The van der Waals surface area contributed by atoms with Gasteiger partial charge in [-0.3, -0.25) is 0 Å². The lowest BCUT2D eigenvalue weighted by Gasteiger charge is -2.10. The number of alkyl halides is 2. The molecule has 0 spiro atoms. The Morgan fingerprint density at radius 2 is 2.00 bits per heavy atom. The van der Waals surface area contributed by atoms with Crippen molar-refractivity contribution in [2.24, 2.45) is 0 Å². The van der Waals surface area contributed by atoms with Gasteiger partial charge < -0.3 is 5.11 Å². The van der Waals surface area contributed by atoms with Gasteiger partial charge in [0.2, 0.25) is 0 Å². The molecule has 3 rings (SSSR count). The second kappa shape index (κ2) is 5.38. The van der Waals surface area contributed by atoms with Crippen molar-refractivity contribution in [3.05, 3.63) is 53.3 Å². The number of fused-ring (bicyclic) bond motifs is 1. The Kier molecular flexibility index (Phi) is 3.54. The van der Waals surface area contributed by atoms with Crippen LogP contribution in [-0.2, 0) is 0 Å². The number of pyridine rings is 1. The summed E-state index contributed by atoms with van der Waals surface area (Å²) < 4.78 is 27.3.